The molecule has 1 aromatic carbocycles. The molecular formula is C11H9NOSe. The van der Waals surface area contributed by atoms with Gasteiger partial charge >= 0.3 is 88.5 Å². The Hall–Kier alpha value is -1.31. The summed E-state index contributed by atoms with van der Waals surface area (Å²) in [6.07, 6.45) is 1.71. The Kier molecular flexibility index (Phi) is 2.82. The summed E-state index contributed by atoms with van der Waals surface area (Å²) in [7, 11) is 0. The van der Waals surface area contributed by atoms with E-state index in [9.17, 15) is 5.11 Å². The van der Waals surface area contributed by atoms with Gasteiger partial charge in [-0.2, -0.15) is 0 Å². The fourth-order valence-electron chi connectivity index (χ4n) is 1.06. The summed E-state index contributed by atoms with van der Waals surface area (Å²) in [6.45, 7) is 0. The van der Waals surface area contributed by atoms with Gasteiger partial charge in [-0.15, -0.1) is 0 Å². The van der Waals surface area contributed by atoms with Gasteiger partial charge in [0.1, 0.15) is 0 Å². The molecule has 2 nitrogen and oxygen atoms in total. The normalized spacial score (nSPS) is 10.0. The first-order chi connectivity index (χ1) is 6.86. The van der Waals surface area contributed by atoms with E-state index in [1.165, 1.54) is 4.46 Å². The molecule has 70 valence electrons. The van der Waals surface area contributed by atoms with Gasteiger partial charge in [-0.3, -0.25) is 0 Å². The van der Waals surface area contributed by atoms with E-state index < -0.39 is 0 Å². The van der Waals surface area contributed by atoms with Gasteiger partial charge < -0.3 is 0 Å². The molecule has 0 saturated heterocycles. The number of benzene rings is 1. The average molecular weight is 250 g/mol. The monoisotopic (exact) mass is 251 g/mol. The second-order valence-electron chi connectivity index (χ2n) is 2.74. The fourth-order valence-corrected chi connectivity index (χ4v) is 2.75. The van der Waals surface area contributed by atoms with Gasteiger partial charge in [0.15, 0.2) is 0 Å². The van der Waals surface area contributed by atoms with Crippen molar-refractivity contribution in [3.05, 3.63) is 48.7 Å². The Labute approximate surface area is 88.8 Å². The van der Waals surface area contributed by atoms with Crippen molar-refractivity contribution >= 4 is 24.0 Å². The number of hydrogen-bond acceptors (Lipinski definition) is 2. The van der Waals surface area contributed by atoms with E-state index in [-0.39, 0.29) is 20.7 Å². The van der Waals surface area contributed by atoms with E-state index in [2.05, 4.69) is 4.98 Å². The summed E-state index contributed by atoms with van der Waals surface area (Å²) in [5.41, 5.74) is 0. The van der Waals surface area contributed by atoms with Crippen LogP contribution in [0.4, 0.5) is 0 Å². The van der Waals surface area contributed by atoms with Crippen molar-refractivity contribution in [3.8, 4) is 5.75 Å². The van der Waals surface area contributed by atoms with Gasteiger partial charge in [0.25, 0.3) is 0 Å². The molecule has 0 aliphatic rings. The molecule has 0 spiro atoms. The Morgan fingerprint density at radius 1 is 1.00 bits per heavy atom. The van der Waals surface area contributed by atoms with Crippen LogP contribution in [-0.2, 0) is 0 Å². The van der Waals surface area contributed by atoms with E-state index in [1.54, 1.807) is 18.3 Å². The molecule has 0 saturated carbocycles. The van der Waals surface area contributed by atoms with E-state index in [4.69, 9.17) is 0 Å². The number of nitrogens with zero attached hydrogens (tertiary/aromatic N) is 1. The number of pyridine rings is 1. The second kappa shape index (κ2) is 4.27. The second-order valence-corrected chi connectivity index (χ2v) is 4.97. The van der Waals surface area contributed by atoms with E-state index in [0.717, 1.165) is 4.59 Å². The quantitative estimate of drug-likeness (QED) is 0.785. The maximum atomic E-state index is 9.52. The molecule has 1 heterocycles. The summed E-state index contributed by atoms with van der Waals surface area (Å²) >= 11 is 0.0899. The molecule has 2 rings (SSSR count). The molecule has 0 bridgehead atoms. The van der Waals surface area contributed by atoms with Crippen LogP contribution in [0.3, 0.4) is 0 Å². The third-order valence-corrected chi connectivity index (χ3v) is 3.84. The Morgan fingerprint density at radius 3 is 2.50 bits per heavy atom. The molecular weight excluding hydrogens is 241 g/mol. The predicted octanol–water partition coefficient (Wildman–Crippen LogP) is 0.442. The van der Waals surface area contributed by atoms with Crippen LogP contribution in [0, 0.1) is 0 Å². The van der Waals surface area contributed by atoms with E-state index in [0.29, 0.717) is 0 Å². The van der Waals surface area contributed by atoms with Crippen LogP contribution in [-0.4, -0.2) is 25.0 Å². The van der Waals surface area contributed by atoms with Crippen LogP contribution < -0.4 is 9.05 Å². The third-order valence-electron chi connectivity index (χ3n) is 1.71. The standard InChI is InChI=1S/C11H9NOSe/c13-10-7-4-8-12-11(10)14-9-5-2-1-3-6-9/h1-8,13H. The van der Waals surface area contributed by atoms with Gasteiger partial charge in [0, 0.05) is 0 Å². The van der Waals surface area contributed by atoms with Crippen LogP contribution in [0.2, 0.25) is 0 Å². The summed E-state index contributed by atoms with van der Waals surface area (Å²) < 4.78 is 2.00. The number of rotatable bonds is 2. The molecule has 14 heavy (non-hydrogen) atoms. The summed E-state index contributed by atoms with van der Waals surface area (Å²) in [5, 5.41) is 9.52. The Morgan fingerprint density at radius 2 is 1.79 bits per heavy atom. The molecule has 0 amide bonds. The van der Waals surface area contributed by atoms with E-state index in [1.807, 2.05) is 30.3 Å². The Balaban J connectivity index is 2.24. The molecule has 0 fully saturated rings. The van der Waals surface area contributed by atoms with Crippen LogP contribution in [0.5, 0.6) is 5.75 Å². The van der Waals surface area contributed by atoms with Crippen molar-refractivity contribution in [1.82, 2.24) is 4.98 Å². The molecule has 0 aliphatic carbocycles. The van der Waals surface area contributed by atoms with Gasteiger partial charge in [0.05, 0.1) is 0 Å². The Bertz CT molecular complexity index is 417. The number of aromatic hydroxyl groups is 1. The fraction of sp³-hybridized carbons (Fsp3) is 0. The summed E-state index contributed by atoms with van der Waals surface area (Å²) in [5.74, 6) is 0.288. The topological polar surface area (TPSA) is 33.1 Å². The minimum atomic E-state index is 0.0899. The summed E-state index contributed by atoms with van der Waals surface area (Å²) in [4.78, 5) is 4.15. The molecule has 3 heteroatoms. The van der Waals surface area contributed by atoms with Crippen molar-refractivity contribution in [3.63, 3.8) is 0 Å². The van der Waals surface area contributed by atoms with Gasteiger partial charge in [-0.25, -0.2) is 0 Å². The van der Waals surface area contributed by atoms with Crippen molar-refractivity contribution in [2.45, 2.75) is 0 Å². The zero-order valence-corrected chi connectivity index (χ0v) is 9.13. The molecule has 1 N–H and O–H groups in total. The van der Waals surface area contributed by atoms with E-state index >= 15 is 0 Å². The van der Waals surface area contributed by atoms with Crippen molar-refractivity contribution in [2.24, 2.45) is 0 Å². The van der Waals surface area contributed by atoms with Crippen molar-refractivity contribution in [2.75, 3.05) is 0 Å². The molecule has 0 aliphatic heterocycles. The van der Waals surface area contributed by atoms with Gasteiger partial charge in [-0.1, -0.05) is 0 Å². The predicted molar refractivity (Wildman–Crippen MR) is 57.4 cm³/mol. The molecule has 2 aromatic rings. The third kappa shape index (κ3) is 2.13. The molecule has 1 aromatic heterocycles. The number of aromatic nitrogens is 1. The SMILES string of the molecule is Oc1cccnc1[Se]c1ccccc1. The summed E-state index contributed by atoms with van der Waals surface area (Å²) in [6, 6.07) is 13.5. The average Bonchev–Trinajstić information content (AvgIpc) is 2.23. The van der Waals surface area contributed by atoms with Crippen molar-refractivity contribution in [1.29, 1.82) is 0 Å². The van der Waals surface area contributed by atoms with Crippen LogP contribution in [0.1, 0.15) is 0 Å². The molecule has 0 unspecified atom stereocenters. The maximum absolute atomic E-state index is 9.52. The van der Waals surface area contributed by atoms with Gasteiger partial charge in [-0.05, 0) is 0 Å². The van der Waals surface area contributed by atoms with Gasteiger partial charge in [0.2, 0.25) is 0 Å². The van der Waals surface area contributed by atoms with Crippen LogP contribution in [0.15, 0.2) is 48.7 Å². The minimum absolute atomic E-state index is 0.0899. The first kappa shape index (κ1) is 9.25. The zero-order valence-electron chi connectivity index (χ0n) is 7.42. The first-order valence-electron chi connectivity index (χ1n) is 4.23. The molecule has 0 atom stereocenters. The number of hydrogen-bond donors (Lipinski definition) is 1. The molecule has 0 radical (unpaired) electrons. The first-order valence-corrected chi connectivity index (χ1v) is 5.94. The zero-order chi connectivity index (χ0) is 9.80. The van der Waals surface area contributed by atoms with Crippen LogP contribution >= 0.6 is 0 Å². The van der Waals surface area contributed by atoms with Crippen LogP contribution in [0.25, 0.3) is 0 Å². The van der Waals surface area contributed by atoms with Crippen molar-refractivity contribution < 1.29 is 5.11 Å².